The van der Waals surface area contributed by atoms with Gasteiger partial charge in [-0.2, -0.15) is 5.10 Å². The molecule has 4 nitrogen and oxygen atoms in total. The Labute approximate surface area is 177 Å². The number of nitrogens with zero attached hydrogens (tertiary/aromatic N) is 2. The van der Waals surface area contributed by atoms with Gasteiger partial charge in [-0.25, -0.2) is 5.01 Å². The summed E-state index contributed by atoms with van der Waals surface area (Å²) in [6, 6.07) is 27.1. The van der Waals surface area contributed by atoms with Gasteiger partial charge in [0.15, 0.2) is 0 Å². The molecule has 30 heavy (non-hydrogen) atoms. The molecular formula is C26H26N2O2. The molecule has 0 unspecified atom stereocenters. The molecule has 0 saturated carbocycles. The van der Waals surface area contributed by atoms with Crippen molar-refractivity contribution in [1.82, 2.24) is 5.01 Å². The van der Waals surface area contributed by atoms with Crippen molar-refractivity contribution in [3.05, 3.63) is 95.6 Å². The van der Waals surface area contributed by atoms with Crippen molar-refractivity contribution in [3.63, 3.8) is 0 Å². The molecule has 3 aromatic carbocycles. The van der Waals surface area contributed by atoms with Crippen molar-refractivity contribution < 1.29 is 9.47 Å². The number of unbranched alkanes of at least 4 members (excludes halogenated alkanes) is 1. The third kappa shape index (κ3) is 3.54. The average molecular weight is 399 g/mol. The van der Waals surface area contributed by atoms with Gasteiger partial charge in [0.1, 0.15) is 11.5 Å². The fourth-order valence-corrected chi connectivity index (χ4v) is 4.12. The van der Waals surface area contributed by atoms with Gasteiger partial charge in [0.05, 0.1) is 18.4 Å². The van der Waals surface area contributed by atoms with E-state index in [2.05, 4.69) is 66.5 Å². The van der Waals surface area contributed by atoms with Crippen molar-refractivity contribution in [2.24, 2.45) is 5.10 Å². The monoisotopic (exact) mass is 398 g/mol. The van der Waals surface area contributed by atoms with E-state index in [9.17, 15) is 0 Å². The molecular weight excluding hydrogens is 372 g/mol. The normalized spacial score (nSPS) is 19.5. The van der Waals surface area contributed by atoms with Crippen LogP contribution in [0.1, 0.15) is 55.1 Å². The molecule has 5 rings (SSSR count). The number of rotatable bonds is 6. The number of ether oxygens (including phenoxy) is 2. The molecule has 0 aliphatic carbocycles. The standard InChI is InChI=1S/C26H26N2O2/c1-2-3-17-29-21-15-13-20(14-16-21)26-28-24(22-11-7-8-12-25(22)30-26)18-23(27-28)19-9-5-4-6-10-19/h4-16,24,26H,2-3,17-18H2,1H3/t24-,26+/m0/s1. The molecule has 0 fully saturated rings. The first-order chi connectivity index (χ1) is 14.8. The summed E-state index contributed by atoms with van der Waals surface area (Å²) in [4.78, 5) is 0. The van der Waals surface area contributed by atoms with E-state index >= 15 is 0 Å². The Morgan fingerprint density at radius 1 is 0.967 bits per heavy atom. The molecule has 0 saturated heterocycles. The third-order valence-electron chi connectivity index (χ3n) is 5.74. The zero-order valence-corrected chi connectivity index (χ0v) is 17.2. The Hall–Kier alpha value is -3.27. The summed E-state index contributed by atoms with van der Waals surface area (Å²) in [6.45, 7) is 2.92. The molecule has 0 aromatic heterocycles. The van der Waals surface area contributed by atoms with Crippen LogP contribution in [-0.4, -0.2) is 17.3 Å². The summed E-state index contributed by atoms with van der Waals surface area (Å²) in [7, 11) is 0. The quantitative estimate of drug-likeness (QED) is 0.470. The number of para-hydroxylation sites is 1. The van der Waals surface area contributed by atoms with Crippen LogP contribution in [0.25, 0.3) is 0 Å². The highest BCUT2D eigenvalue weighted by molar-refractivity contribution is 6.01. The van der Waals surface area contributed by atoms with Gasteiger partial charge in [-0.3, -0.25) is 0 Å². The predicted octanol–water partition coefficient (Wildman–Crippen LogP) is 6.11. The van der Waals surface area contributed by atoms with Crippen LogP contribution in [0.15, 0.2) is 84.0 Å². The van der Waals surface area contributed by atoms with E-state index < -0.39 is 0 Å². The van der Waals surface area contributed by atoms with Crippen LogP contribution in [-0.2, 0) is 0 Å². The SMILES string of the molecule is CCCCOc1ccc([C@H]2Oc3ccccc3[C@@H]3CC(c4ccccc4)=NN23)cc1. The molecule has 0 bridgehead atoms. The summed E-state index contributed by atoms with van der Waals surface area (Å²) in [5.74, 6) is 1.84. The number of hydrazone groups is 1. The predicted molar refractivity (Wildman–Crippen MR) is 119 cm³/mol. The molecule has 0 radical (unpaired) electrons. The van der Waals surface area contributed by atoms with Crippen molar-refractivity contribution in [2.45, 2.75) is 38.5 Å². The third-order valence-corrected chi connectivity index (χ3v) is 5.74. The first kappa shape index (κ1) is 18.7. The van der Waals surface area contributed by atoms with E-state index in [1.54, 1.807) is 0 Å². The number of fused-ring (bicyclic) bond motifs is 3. The van der Waals surface area contributed by atoms with Crippen LogP contribution in [0.4, 0.5) is 0 Å². The van der Waals surface area contributed by atoms with Gasteiger partial charge in [0.25, 0.3) is 0 Å². The minimum absolute atomic E-state index is 0.177. The maximum Gasteiger partial charge on any atom is 0.213 e. The van der Waals surface area contributed by atoms with Gasteiger partial charge < -0.3 is 9.47 Å². The maximum absolute atomic E-state index is 6.43. The fourth-order valence-electron chi connectivity index (χ4n) is 4.12. The Morgan fingerprint density at radius 2 is 1.73 bits per heavy atom. The van der Waals surface area contributed by atoms with Crippen LogP contribution < -0.4 is 9.47 Å². The van der Waals surface area contributed by atoms with Gasteiger partial charge in [-0.15, -0.1) is 0 Å². The molecule has 4 heteroatoms. The smallest absolute Gasteiger partial charge is 0.213 e. The number of hydrogen-bond acceptors (Lipinski definition) is 4. The van der Waals surface area contributed by atoms with Gasteiger partial charge in [-0.05, 0) is 42.3 Å². The lowest BCUT2D eigenvalue weighted by Gasteiger charge is -2.38. The molecule has 152 valence electrons. The topological polar surface area (TPSA) is 34.1 Å². The molecule has 2 atom stereocenters. The molecule has 2 aliphatic rings. The van der Waals surface area contributed by atoms with Crippen molar-refractivity contribution in [1.29, 1.82) is 0 Å². The van der Waals surface area contributed by atoms with Crippen molar-refractivity contribution in [2.75, 3.05) is 6.61 Å². The van der Waals surface area contributed by atoms with Gasteiger partial charge in [-0.1, -0.05) is 61.9 Å². The minimum atomic E-state index is -0.254. The second kappa shape index (κ2) is 8.23. The highest BCUT2D eigenvalue weighted by Gasteiger charge is 2.40. The van der Waals surface area contributed by atoms with E-state index in [1.807, 2.05) is 24.3 Å². The molecule has 2 aliphatic heterocycles. The largest absolute Gasteiger partial charge is 0.494 e. The van der Waals surface area contributed by atoms with E-state index in [0.717, 1.165) is 48.6 Å². The van der Waals surface area contributed by atoms with Crippen LogP contribution >= 0.6 is 0 Å². The molecule has 2 heterocycles. The van der Waals surface area contributed by atoms with Crippen LogP contribution in [0.3, 0.4) is 0 Å². The fraction of sp³-hybridized carbons (Fsp3) is 0.269. The van der Waals surface area contributed by atoms with Crippen LogP contribution in [0, 0.1) is 0 Å². The van der Waals surface area contributed by atoms with Gasteiger partial charge >= 0.3 is 0 Å². The minimum Gasteiger partial charge on any atom is -0.494 e. The summed E-state index contributed by atoms with van der Waals surface area (Å²) >= 11 is 0. The van der Waals surface area contributed by atoms with Crippen LogP contribution in [0.2, 0.25) is 0 Å². The lowest BCUT2D eigenvalue weighted by molar-refractivity contribution is -0.0190. The summed E-state index contributed by atoms with van der Waals surface area (Å²) < 4.78 is 12.3. The summed E-state index contributed by atoms with van der Waals surface area (Å²) in [5, 5.41) is 7.14. The number of hydrogen-bond donors (Lipinski definition) is 0. The lowest BCUT2D eigenvalue weighted by Crippen LogP contribution is -2.33. The van der Waals surface area contributed by atoms with Gasteiger partial charge in [0.2, 0.25) is 6.23 Å². The first-order valence-corrected chi connectivity index (χ1v) is 10.7. The molecule has 3 aromatic rings. The molecule has 0 spiro atoms. The Kier molecular flexibility index (Phi) is 5.14. The second-order valence-electron chi connectivity index (χ2n) is 7.79. The maximum atomic E-state index is 6.43. The van der Waals surface area contributed by atoms with Crippen LogP contribution in [0.5, 0.6) is 11.5 Å². The molecule has 0 amide bonds. The average Bonchev–Trinajstić information content (AvgIpc) is 3.26. The first-order valence-electron chi connectivity index (χ1n) is 10.7. The Balaban J connectivity index is 1.46. The Bertz CT molecular complexity index is 1030. The van der Waals surface area contributed by atoms with E-state index in [0.29, 0.717) is 0 Å². The van der Waals surface area contributed by atoms with E-state index in [4.69, 9.17) is 14.6 Å². The summed E-state index contributed by atoms with van der Waals surface area (Å²) in [6.07, 6.45) is 2.82. The lowest BCUT2D eigenvalue weighted by atomic mass is 9.96. The van der Waals surface area contributed by atoms with E-state index in [-0.39, 0.29) is 12.3 Å². The highest BCUT2D eigenvalue weighted by Crippen LogP contribution is 2.47. The zero-order chi connectivity index (χ0) is 20.3. The molecule has 0 N–H and O–H groups in total. The Morgan fingerprint density at radius 3 is 2.53 bits per heavy atom. The van der Waals surface area contributed by atoms with Crippen molar-refractivity contribution in [3.8, 4) is 11.5 Å². The summed E-state index contributed by atoms with van der Waals surface area (Å²) in [5.41, 5.74) is 4.55. The van der Waals surface area contributed by atoms with Crippen molar-refractivity contribution >= 4 is 5.71 Å². The number of benzene rings is 3. The highest BCUT2D eigenvalue weighted by atomic mass is 16.5. The van der Waals surface area contributed by atoms with E-state index in [1.165, 1.54) is 11.1 Å². The van der Waals surface area contributed by atoms with Gasteiger partial charge in [0, 0.05) is 17.5 Å². The zero-order valence-electron chi connectivity index (χ0n) is 17.2. The second-order valence-corrected chi connectivity index (χ2v) is 7.79.